The monoisotopic (exact) mass is 437 g/mol. The molecule has 2 aromatic carbocycles. The van der Waals surface area contributed by atoms with Gasteiger partial charge in [0.15, 0.2) is 0 Å². The number of anilines is 1. The third-order valence-corrected chi connectivity index (χ3v) is 6.22. The van der Waals surface area contributed by atoms with Gasteiger partial charge < -0.3 is 10.6 Å². The molecule has 0 saturated heterocycles. The van der Waals surface area contributed by atoms with Crippen molar-refractivity contribution >= 4 is 40.2 Å². The van der Waals surface area contributed by atoms with Gasteiger partial charge in [0, 0.05) is 17.8 Å². The smallest absolute Gasteiger partial charge is 0.263 e. The number of benzene rings is 2. The molecular formula is C22H16FN3O2S2. The lowest BCUT2D eigenvalue weighted by Gasteiger charge is -2.08. The summed E-state index contributed by atoms with van der Waals surface area (Å²) in [5, 5.41) is 8.39. The second-order valence-corrected chi connectivity index (χ2v) is 8.33. The molecule has 0 bridgehead atoms. The highest BCUT2D eigenvalue weighted by molar-refractivity contribution is 7.21. The zero-order valence-electron chi connectivity index (χ0n) is 15.6. The molecule has 0 aliphatic carbocycles. The summed E-state index contributed by atoms with van der Waals surface area (Å²) in [6.45, 7) is 0.300. The molecule has 8 heteroatoms. The molecule has 2 N–H and O–H groups in total. The zero-order valence-corrected chi connectivity index (χ0v) is 17.2. The number of halogens is 1. The minimum atomic E-state index is -0.468. The fraction of sp³-hybridized carbons (Fsp3) is 0.0455. The number of nitrogens with zero attached hydrogens (tertiary/aromatic N) is 1. The molecule has 30 heavy (non-hydrogen) atoms. The number of hydrogen-bond donors (Lipinski definition) is 2. The first-order valence-corrected chi connectivity index (χ1v) is 10.7. The molecule has 2 amide bonds. The van der Waals surface area contributed by atoms with Crippen LogP contribution in [0.3, 0.4) is 0 Å². The van der Waals surface area contributed by atoms with E-state index in [2.05, 4.69) is 15.6 Å². The summed E-state index contributed by atoms with van der Waals surface area (Å²) in [7, 11) is 0. The first-order valence-electron chi connectivity index (χ1n) is 9.02. The van der Waals surface area contributed by atoms with Crippen LogP contribution < -0.4 is 10.6 Å². The molecular weight excluding hydrogens is 421 g/mol. The van der Waals surface area contributed by atoms with Crippen LogP contribution in [-0.2, 0) is 6.54 Å². The lowest BCUT2D eigenvalue weighted by atomic mass is 10.1. The Labute approximate surface area is 180 Å². The number of thiophene rings is 1. The van der Waals surface area contributed by atoms with Crippen molar-refractivity contribution in [2.24, 2.45) is 0 Å². The molecule has 0 atom stereocenters. The van der Waals surface area contributed by atoms with Crippen LogP contribution in [0.4, 0.5) is 10.1 Å². The predicted molar refractivity (Wildman–Crippen MR) is 117 cm³/mol. The fourth-order valence-corrected chi connectivity index (χ4v) is 4.39. The molecule has 0 aliphatic heterocycles. The van der Waals surface area contributed by atoms with E-state index in [0.29, 0.717) is 17.1 Å². The lowest BCUT2D eigenvalue weighted by molar-refractivity contribution is 0.0953. The van der Waals surface area contributed by atoms with Crippen molar-refractivity contribution in [1.82, 2.24) is 10.3 Å². The number of carbonyl (C=O) groups excluding carboxylic acids is 2. The van der Waals surface area contributed by atoms with Gasteiger partial charge in [-0.2, -0.15) is 0 Å². The first kappa shape index (κ1) is 19.9. The number of rotatable bonds is 6. The van der Waals surface area contributed by atoms with Crippen molar-refractivity contribution in [1.29, 1.82) is 0 Å². The summed E-state index contributed by atoms with van der Waals surface area (Å²) >= 11 is 2.92. The highest BCUT2D eigenvalue weighted by atomic mass is 32.1. The molecule has 0 radical (unpaired) electrons. The molecule has 2 aromatic heterocycles. The molecule has 0 unspecified atom stereocenters. The molecule has 0 fully saturated rings. The Bertz CT molecular complexity index is 1190. The van der Waals surface area contributed by atoms with Crippen LogP contribution >= 0.6 is 22.7 Å². The van der Waals surface area contributed by atoms with Gasteiger partial charge >= 0.3 is 0 Å². The number of nitrogens with one attached hydrogen (secondary N) is 2. The Hall–Kier alpha value is -3.36. The normalized spacial score (nSPS) is 10.6. The van der Waals surface area contributed by atoms with Crippen molar-refractivity contribution in [2.45, 2.75) is 6.54 Å². The molecule has 2 heterocycles. The van der Waals surface area contributed by atoms with Gasteiger partial charge in [-0.05, 0) is 47.3 Å². The van der Waals surface area contributed by atoms with Gasteiger partial charge in [-0.25, -0.2) is 9.37 Å². The molecule has 150 valence electrons. The van der Waals surface area contributed by atoms with Crippen LogP contribution in [0.1, 0.15) is 25.6 Å². The average Bonchev–Trinajstić information content (AvgIpc) is 3.44. The van der Waals surface area contributed by atoms with Gasteiger partial charge in [-0.3, -0.25) is 9.59 Å². The van der Waals surface area contributed by atoms with Crippen molar-refractivity contribution in [3.8, 4) is 9.88 Å². The quantitative estimate of drug-likeness (QED) is 0.436. The van der Waals surface area contributed by atoms with E-state index in [9.17, 15) is 14.0 Å². The topological polar surface area (TPSA) is 71.1 Å². The second-order valence-electron chi connectivity index (χ2n) is 6.35. The number of thiazole rings is 1. The van der Waals surface area contributed by atoms with Gasteiger partial charge in [0.05, 0.1) is 11.1 Å². The SMILES string of the molecule is O=C(Nc1cccc(CNC(=O)c2cnc(-c3cccs3)s2)c1)c1cccc(F)c1. The molecule has 0 saturated carbocycles. The summed E-state index contributed by atoms with van der Waals surface area (Å²) < 4.78 is 13.3. The number of carbonyl (C=O) groups is 2. The summed E-state index contributed by atoms with van der Waals surface area (Å²) in [4.78, 5) is 30.6. The van der Waals surface area contributed by atoms with E-state index in [1.807, 2.05) is 23.6 Å². The van der Waals surface area contributed by atoms with Gasteiger partial charge in [0.2, 0.25) is 0 Å². The van der Waals surface area contributed by atoms with Gasteiger partial charge in [-0.1, -0.05) is 24.3 Å². The van der Waals surface area contributed by atoms with Crippen LogP contribution in [-0.4, -0.2) is 16.8 Å². The van der Waals surface area contributed by atoms with Crippen LogP contribution in [0.15, 0.2) is 72.2 Å². The standard InChI is InChI=1S/C22H16FN3O2S2/c23-16-6-2-5-15(11-16)20(27)26-17-7-1-4-14(10-17)12-24-21(28)19-13-25-22(30-19)18-8-3-9-29-18/h1-11,13H,12H2,(H,24,28)(H,26,27). The Balaban J connectivity index is 1.37. The highest BCUT2D eigenvalue weighted by Gasteiger charge is 2.12. The summed E-state index contributed by atoms with van der Waals surface area (Å²) in [6, 6.07) is 16.5. The lowest BCUT2D eigenvalue weighted by Crippen LogP contribution is -2.22. The maximum Gasteiger partial charge on any atom is 0.263 e. The third kappa shape index (κ3) is 4.79. The summed E-state index contributed by atoms with van der Waals surface area (Å²) in [5.41, 5.74) is 1.62. The first-order chi connectivity index (χ1) is 14.6. The van der Waals surface area contributed by atoms with E-state index >= 15 is 0 Å². The minimum absolute atomic E-state index is 0.204. The highest BCUT2D eigenvalue weighted by Crippen LogP contribution is 2.28. The van der Waals surface area contributed by atoms with Crippen LogP contribution in [0, 0.1) is 5.82 Å². The van der Waals surface area contributed by atoms with Crippen molar-refractivity contribution in [3.63, 3.8) is 0 Å². The van der Waals surface area contributed by atoms with Crippen molar-refractivity contribution in [2.75, 3.05) is 5.32 Å². The molecule has 5 nitrogen and oxygen atoms in total. The van der Waals surface area contributed by atoms with Crippen LogP contribution in [0.5, 0.6) is 0 Å². The molecule has 4 aromatic rings. The molecule has 4 rings (SSSR count). The summed E-state index contributed by atoms with van der Waals surface area (Å²) in [6.07, 6.45) is 1.57. The molecule has 0 aliphatic rings. The van der Waals surface area contributed by atoms with E-state index in [0.717, 1.165) is 15.4 Å². The molecule has 0 spiro atoms. The van der Waals surface area contributed by atoms with Crippen molar-refractivity contribution < 1.29 is 14.0 Å². The van der Waals surface area contributed by atoms with Gasteiger partial charge in [0.25, 0.3) is 11.8 Å². The second kappa shape index (κ2) is 8.98. The maximum absolute atomic E-state index is 13.3. The third-order valence-electron chi connectivity index (χ3n) is 4.19. The van der Waals surface area contributed by atoms with E-state index in [1.165, 1.54) is 29.5 Å². The largest absolute Gasteiger partial charge is 0.347 e. The number of hydrogen-bond acceptors (Lipinski definition) is 5. The van der Waals surface area contributed by atoms with Crippen LogP contribution in [0.25, 0.3) is 9.88 Å². The number of amides is 2. The van der Waals surface area contributed by atoms with E-state index in [1.54, 1.807) is 41.8 Å². The van der Waals surface area contributed by atoms with E-state index in [4.69, 9.17) is 0 Å². The minimum Gasteiger partial charge on any atom is -0.347 e. The maximum atomic E-state index is 13.3. The Kier molecular flexibility index (Phi) is 5.97. The van der Waals surface area contributed by atoms with E-state index in [-0.39, 0.29) is 11.5 Å². The van der Waals surface area contributed by atoms with Crippen LogP contribution in [0.2, 0.25) is 0 Å². The van der Waals surface area contributed by atoms with Crippen molar-refractivity contribution in [3.05, 3.63) is 94.1 Å². The van der Waals surface area contributed by atoms with Gasteiger partial charge in [-0.15, -0.1) is 22.7 Å². The zero-order chi connectivity index (χ0) is 20.9. The predicted octanol–water partition coefficient (Wildman–Crippen LogP) is 5.19. The Morgan fingerprint density at radius 1 is 1.00 bits per heavy atom. The Morgan fingerprint density at radius 2 is 1.87 bits per heavy atom. The summed E-state index contributed by atoms with van der Waals surface area (Å²) in [5.74, 6) is -1.07. The fourth-order valence-electron chi connectivity index (χ4n) is 2.75. The van der Waals surface area contributed by atoms with Gasteiger partial charge in [0.1, 0.15) is 15.7 Å². The average molecular weight is 438 g/mol. The number of aromatic nitrogens is 1. The van der Waals surface area contributed by atoms with E-state index < -0.39 is 11.7 Å². The Morgan fingerprint density at radius 3 is 2.67 bits per heavy atom.